The third kappa shape index (κ3) is 2.72. The number of carbonyl (C=O) groups excluding carboxylic acids is 1. The van der Waals surface area contributed by atoms with Crippen molar-refractivity contribution in [3.63, 3.8) is 0 Å². The average molecular weight is 301 g/mol. The number of benzene rings is 1. The van der Waals surface area contributed by atoms with E-state index >= 15 is 0 Å². The van der Waals surface area contributed by atoms with Gasteiger partial charge in [0.2, 0.25) is 0 Å². The lowest BCUT2D eigenvalue weighted by Gasteiger charge is -2.05. The number of anilines is 2. The highest BCUT2D eigenvalue weighted by atomic mass is 32.1. The number of thiazole rings is 1. The number of carbonyl (C=O) groups is 1. The van der Waals surface area contributed by atoms with E-state index in [1.54, 1.807) is 29.2 Å². The maximum absolute atomic E-state index is 12.0. The molecule has 3 N–H and O–H groups in total. The first-order valence-electron chi connectivity index (χ1n) is 5.98. The molecule has 0 atom stereocenters. The lowest BCUT2D eigenvalue weighted by Crippen LogP contribution is -2.12. The van der Waals surface area contributed by atoms with Crippen LogP contribution in [0.4, 0.5) is 10.8 Å². The van der Waals surface area contributed by atoms with Gasteiger partial charge in [-0.3, -0.25) is 4.79 Å². The zero-order valence-electron chi connectivity index (χ0n) is 11.0. The summed E-state index contributed by atoms with van der Waals surface area (Å²) in [6.45, 7) is 0. The Hall–Kier alpha value is -2.81. The Balaban J connectivity index is 1.84. The Morgan fingerprint density at radius 3 is 2.95 bits per heavy atom. The largest absolute Gasteiger partial charge is 0.375 e. The lowest BCUT2D eigenvalue weighted by atomic mass is 10.2. The second-order valence-corrected chi connectivity index (χ2v) is 5.12. The molecular formula is C12H11N7OS. The number of hydrogen-bond donors (Lipinski definition) is 2. The zero-order chi connectivity index (χ0) is 14.8. The van der Waals surface area contributed by atoms with Gasteiger partial charge in [0.1, 0.15) is 5.69 Å². The number of amides is 1. The molecule has 1 aromatic carbocycles. The van der Waals surface area contributed by atoms with E-state index in [1.807, 2.05) is 12.1 Å². The van der Waals surface area contributed by atoms with E-state index in [4.69, 9.17) is 5.73 Å². The summed E-state index contributed by atoms with van der Waals surface area (Å²) in [6.07, 6.45) is 0. The predicted octanol–water partition coefficient (Wildman–Crippen LogP) is 1.17. The summed E-state index contributed by atoms with van der Waals surface area (Å²) in [5.74, 6) is 0.306. The van der Waals surface area contributed by atoms with Gasteiger partial charge in [-0.1, -0.05) is 12.1 Å². The van der Waals surface area contributed by atoms with Crippen LogP contribution in [0.1, 0.15) is 10.5 Å². The lowest BCUT2D eigenvalue weighted by molar-refractivity contribution is 0.102. The Kier molecular flexibility index (Phi) is 3.32. The van der Waals surface area contributed by atoms with Gasteiger partial charge >= 0.3 is 0 Å². The van der Waals surface area contributed by atoms with E-state index in [9.17, 15) is 4.79 Å². The van der Waals surface area contributed by atoms with Crippen molar-refractivity contribution in [2.75, 3.05) is 11.1 Å². The summed E-state index contributed by atoms with van der Waals surface area (Å²) in [4.78, 5) is 16.0. The van der Waals surface area contributed by atoms with E-state index in [0.29, 0.717) is 22.3 Å². The Bertz CT molecular complexity index is 794. The van der Waals surface area contributed by atoms with Crippen LogP contribution in [0.25, 0.3) is 11.4 Å². The molecule has 0 saturated heterocycles. The number of aryl methyl sites for hydroxylation is 1. The van der Waals surface area contributed by atoms with Crippen molar-refractivity contribution in [1.29, 1.82) is 0 Å². The maximum atomic E-state index is 12.0. The molecule has 0 spiro atoms. The van der Waals surface area contributed by atoms with Crippen LogP contribution in [-0.4, -0.2) is 31.1 Å². The molecule has 1 amide bonds. The van der Waals surface area contributed by atoms with Crippen molar-refractivity contribution in [3.05, 3.63) is 35.3 Å². The smallest absolute Gasteiger partial charge is 0.275 e. The Morgan fingerprint density at radius 2 is 2.29 bits per heavy atom. The number of rotatable bonds is 3. The van der Waals surface area contributed by atoms with E-state index < -0.39 is 0 Å². The van der Waals surface area contributed by atoms with Gasteiger partial charge in [-0.15, -0.1) is 16.4 Å². The summed E-state index contributed by atoms with van der Waals surface area (Å²) in [7, 11) is 1.75. The van der Waals surface area contributed by atoms with Crippen LogP contribution < -0.4 is 11.1 Å². The first kappa shape index (κ1) is 13.2. The monoisotopic (exact) mass is 301 g/mol. The topological polar surface area (TPSA) is 112 Å². The fourth-order valence-electron chi connectivity index (χ4n) is 1.80. The van der Waals surface area contributed by atoms with Gasteiger partial charge in [0.05, 0.1) is 0 Å². The van der Waals surface area contributed by atoms with Gasteiger partial charge in [0, 0.05) is 23.7 Å². The van der Waals surface area contributed by atoms with E-state index in [0.717, 1.165) is 5.56 Å². The van der Waals surface area contributed by atoms with Gasteiger partial charge in [0.15, 0.2) is 11.0 Å². The van der Waals surface area contributed by atoms with Crippen LogP contribution in [-0.2, 0) is 7.05 Å². The summed E-state index contributed by atoms with van der Waals surface area (Å²) >= 11 is 1.22. The molecule has 0 fully saturated rings. The molecule has 21 heavy (non-hydrogen) atoms. The average Bonchev–Trinajstić information content (AvgIpc) is 3.08. The highest BCUT2D eigenvalue weighted by molar-refractivity contribution is 7.13. The minimum absolute atomic E-state index is 0.295. The van der Waals surface area contributed by atoms with Crippen molar-refractivity contribution in [2.24, 2.45) is 7.05 Å². The van der Waals surface area contributed by atoms with Crippen molar-refractivity contribution in [2.45, 2.75) is 0 Å². The molecule has 106 valence electrons. The molecule has 0 bridgehead atoms. The van der Waals surface area contributed by atoms with Crippen LogP contribution in [0.15, 0.2) is 29.6 Å². The number of nitrogen functional groups attached to an aromatic ring is 1. The second kappa shape index (κ2) is 5.29. The Labute approximate surface area is 123 Å². The molecule has 3 aromatic rings. The fraction of sp³-hybridized carbons (Fsp3) is 0.0833. The van der Waals surface area contributed by atoms with Crippen molar-refractivity contribution < 1.29 is 4.79 Å². The van der Waals surface area contributed by atoms with Gasteiger partial charge < -0.3 is 11.1 Å². The number of aromatic nitrogens is 5. The third-order valence-corrected chi connectivity index (χ3v) is 3.43. The molecule has 0 aliphatic heterocycles. The van der Waals surface area contributed by atoms with Crippen molar-refractivity contribution in [3.8, 4) is 11.4 Å². The van der Waals surface area contributed by atoms with Crippen molar-refractivity contribution >= 4 is 28.1 Å². The highest BCUT2D eigenvalue weighted by Gasteiger charge is 2.11. The SMILES string of the molecule is Cn1nnnc1-c1cccc(NC(=O)c2csc(N)n2)c1. The number of hydrogen-bond acceptors (Lipinski definition) is 7. The van der Waals surface area contributed by atoms with E-state index in [2.05, 4.69) is 25.8 Å². The summed E-state index contributed by atoms with van der Waals surface area (Å²) in [5.41, 5.74) is 7.25. The van der Waals surface area contributed by atoms with Gasteiger partial charge in [-0.25, -0.2) is 9.67 Å². The number of nitrogens with one attached hydrogen (secondary N) is 1. The first-order valence-corrected chi connectivity index (χ1v) is 6.86. The minimum Gasteiger partial charge on any atom is -0.375 e. The van der Waals surface area contributed by atoms with E-state index in [1.165, 1.54) is 11.3 Å². The number of nitrogens with two attached hydrogens (primary N) is 1. The molecule has 0 saturated carbocycles. The van der Waals surface area contributed by atoms with Crippen LogP contribution in [0.5, 0.6) is 0 Å². The molecule has 0 unspecified atom stereocenters. The molecule has 0 radical (unpaired) electrons. The third-order valence-electron chi connectivity index (χ3n) is 2.75. The summed E-state index contributed by atoms with van der Waals surface area (Å²) < 4.78 is 1.56. The van der Waals surface area contributed by atoms with Gasteiger partial charge in [-0.2, -0.15) is 0 Å². The Morgan fingerprint density at radius 1 is 1.43 bits per heavy atom. The molecule has 2 heterocycles. The molecule has 8 nitrogen and oxygen atoms in total. The quantitative estimate of drug-likeness (QED) is 0.751. The number of tetrazole rings is 1. The minimum atomic E-state index is -0.309. The number of nitrogens with zero attached hydrogens (tertiary/aromatic N) is 5. The molecule has 9 heteroatoms. The predicted molar refractivity (Wildman–Crippen MR) is 78.7 cm³/mol. The van der Waals surface area contributed by atoms with E-state index in [-0.39, 0.29) is 5.91 Å². The van der Waals surface area contributed by atoms with Crippen LogP contribution in [0.3, 0.4) is 0 Å². The highest BCUT2D eigenvalue weighted by Crippen LogP contribution is 2.20. The molecule has 3 rings (SSSR count). The molecular weight excluding hydrogens is 290 g/mol. The second-order valence-electron chi connectivity index (χ2n) is 4.23. The molecule has 2 aromatic heterocycles. The summed E-state index contributed by atoms with van der Waals surface area (Å²) in [5, 5.41) is 16.0. The fourth-order valence-corrected chi connectivity index (χ4v) is 2.34. The molecule has 0 aliphatic rings. The molecule has 0 aliphatic carbocycles. The normalized spacial score (nSPS) is 10.5. The van der Waals surface area contributed by atoms with Gasteiger partial charge in [-0.05, 0) is 22.6 Å². The van der Waals surface area contributed by atoms with Gasteiger partial charge in [0.25, 0.3) is 5.91 Å². The first-order chi connectivity index (χ1) is 10.1. The standard InChI is InChI=1S/C12H11N7OS/c1-19-10(16-17-18-19)7-3-2-4-8(5-7)14-11(20)9-6-21-12(13)15-9/h2-6H,1H3,(H2,13,15)(H,14,20). The summed E-state index contributed by atoms with van der Waals surface area (Å²) in [6, 6.07) is 7.25. The van der Waals surface area contributed by atoms with Crippen LogP contribution >= 0.6 is 11.3 Å². The maximum Gasteiger partial charge on any atom is 0.275 e. The zero-order valence-corrected chi connectivity index (χ0v) is 11.8. The van der Waals surface area contributed by atoms with Crippen LogP contribution in [0.2, 0.25) is 0 Å². The van der Waals surface area contributed by atoms with Crippen molar-refractivity contribution in [1.82, 2.24) is 25.2 Å². The van der Waals surface area contributed by atoms with Crippen LogP contribution in [0, 0.1) is 0 Å².